The van der Waals surface area contributed by atoms with E-state index in [0.717, 1.165) is 70.6 Å². The molecule has 0 N–H and O–H groups in total. The molecule has 0 aliphatic carbocycles. The van der Waals surface area contributed by atoms with E-state index in [-0.39, 0.29) is 31.1 Å². The lowest BCUT2D eigenvalue weighted by Gasteiger charge is -2.18. The van der Waals surface area contributed by atoms with Crippen LogP contribution in [0.25, 0.3) is 0 Å². The highest BCUT2D eigenvalue weighted by Gasteiger charge is 2.19. The van der Waals surface area contributed by atoms with Crippen LogP contribution in [0.1, 0.15) is 252 Å². The Hall–Kier alpha value is -2.11. The first-order valence-corrected chi connectivity index (χ1v) is 23.8. The highest BCUT2D eigenvalue weighted by molar-refractivity contribution is 5.71. The molecule has 6 nitrogen and oxygen atoms in total. The molecule has 0 rings (SSSR count). The highest BCUT2D eigenvalue weighted by atomic mass is 16.6. The molecule has 0 heterocycles. The van der Waals surface area contributed by atoms with Gasteiger partial charge in [-0.3, -0.25) is 14.4 Å². The summed E-state index contributed by atoms with van der Waals surface area (Å²) in [5, 5.41) is 0. The second-order valence-corrected chi connectivity index (χ2v) is 16.0. The molecule has 0 radical (unpaired) electrons. The summed E-state index contributed by atoms with van der Waals surface area (Å²) in [7, 11) is 0. The summed E-state index contributed by atoms with van der Waals surface area (Å²) in [6, 6.07) is 0. The maximum Gasteiger partial charge on any atom is 0.306 e. The number of esters is 3. The van der Waals surface area contributed by atoms with Gasteiger partial charge in [-0.25, -0.2) is 0 Å². The fourth-order valence-electron chi connectivity index (χ4n) is 6.78. The fraction of sp³-hybridized carbons (Fsp3) is 0.857. The van der Waals surface area contributed by atoms with Gasteiger partial charge in [0.1, 0.15) is 13.2 Å². The predicted octanol–water partition coefficient (Wildman–Crippen LogP) is 15.2. The van der Waals surface area contributed by atoms with Crippen LogP contribution in [0.2, 0.25) is 0 Å². The quantitative estimate of drug-likeness (QED) is 0.0266. The van der Waals surface area contributed by atoms with E-state index in [1.807, 2.05) is 0 Å². The van der Waals surface area contributed by atoms with Gasteiger partial charge < -0.3 is 14.2 Å². The average molecular weight is 775 g/mol. The predicted molar refractivity (Wildman–Crippen MR) is 233 cm³/mol. The third-order valence-electron chi connectivity index (χ3n) is 10.4. The zero-order valence-electron chi connectivity index (χ0n) is 36.7. The molecule has 55 heavy (non-hydrogen) atoms. The smallest absolute Gasteiger partial charge is 0.306 e. The lowest BCUT2D eigenvalue weighted by Crippen LogP contribution is -2.30. The van der Waals surface area contributed by atoms with Gasteiger partial charge in [0.25, 0.3) is 0 Å². The molecule has 0 aliphatic heterocycles. The van der Waals surface area contributed by atoms with Crippen molar-refractivity contribution < 1.29 is 28.6 Å². The Kier molecular flexibility index (Phi) is 42.9. The Labute approximate surface area is 341 Å². The minimum atomic E-state index is -0.772. The fourth-order valence-corrected chi connectivity index (χ4v) is 6.78. The Morgan fingerprint density at radius 1 is 0.345 bits per heavy atom. The summed E-state index contributed by atoms with van der Waals surface area (Å²) in [6.07, 6.45) is 48.7. The number of ether oxygens (including phenoxy) is 3. The van der Waals surface area contributed by atoms with Gasteiger partial charge in [0.05, 0.1) is 0 Å². The van der Waals surface area contributed by atoms with Crippen molar-refractivity contribution in [1.82, 2.24) is 0 Å². The van der Waals surface area contributed by atoms with E-state index >= 15 is 0 Å². The Morgan fingerprint density at radius 2 is 0.600 bits per heavy atom. The number of allylic oxidation sites excluding steroid dienone is 4. The molecule has 322 valence electrons. The van der Waals surface area contributed by atoms with Crippen molar-refractivity contribution in [2.75, 3.05) is 13.2 Å². The number of rotatable bonds is 43. The van der Waals surface area contributed by atoms with Crippen LogP contribution in [0, 0.1) is 0 Å². The van der Waals surface area contributed by atoms with Crippen LogP contribution >= 0.6 is 0 Å². The number of carbonyl (C=O) groups excluding carboxylic acids is 3. The van der Waals surface area contributed by atoms with Gasteiger partial charge in [-0.1, -0.05) is 186 Å². The second kappa shape index (κ2) is 44.6. The zero-order valence-corrected chi connectivity index (χ0v) is 36.7. The summed E-state index contributed by atoms with van der Waals surface area (Å²) in [5.41, 5.74) is 0. The van der Waals surface area contributed by atoms with Crippen molar-refractivity contribution in [3.8, 4) is 0 Å². The summed E-state index contributed by atoms with van der Waals surface area (Å²) in [4.78, 5) is 37.7. The third-order valence-corrected chi connectivity index (χ3v) is 10.4. The molecule has 1 unspecified atom stereocenters. The Bertz CT molecular complexity index is 896. The minimum absolute atomic E-state index is 0.0744. The third kappa shape index (κ3) is 42.9. The number of hydrogen-bond donors (Lipinski definition) is 0. The minimum Gasteiger partial charge on any atom is -0.462 e. The van der Waals surface area contributed by atoms with Crippen molar-refractivity contribution in [2.24, 2.45) is 0 Å². The highest BCUT2D eigenvalue weighted by Crippen LogP contribution is 2.14. The molecule has 0 saturated carbocycles. The summed E-state index contributed by atoms with van der Waals surface area (Å²) in [6.45, 7) is 6.59. The number of carbonyl (C=O) groups is 3. The van der Waals surface area contributed by atoms with E-state index < -0.39 is 6.10 Å². The maximum absolute atomic E-state index is 12.7. The van der Waals surface area contributed by atoms with Gasteiger partial charge in [-0.05, 0) is 70.6 Å². The normalized spacial score (nSPS) is 12.1. The van der Waals surface area contributed by atoms with Crippen LogP contribution in [0.15, 0.2) is 24.3 Å². The topological polar surface area (TPSA) is 78.9 Å². The van der Waals surface area contributed by atoms with Crippen LogP contribution in [0.4, 0.5) is 0 Å². The van der Waals surface area contributed by atoms with Gasteiger partial charge in [0.2, 0.25) is 0 Å². The zero-order chi connectivity index (χ0) is 40.1. The van der Waals surface area contributed by atoms with E-state index in [1.165, 1.54) is 141 Å². The first-order valence-electron chi connectivity index (χ1n) is 23.8. The molecule has 0 aromatic rings. The van der Waals surface area contributed by atoms with Crippen molar-refractivity contribution in [2.45, 2.75) is 258 Å². The molecule has 0 aromatic heterocycles. The second-order valence-electron chi connectivity index (χ2n) is 16.0. The van der Waals surface area contributed by atoms with Crippen LogP contribution < -0.4 is 0 Å². The van der Waals surface area contributed by atoms with Crippen molar-refractivity contribution in [3.63, 3.8) is 0 Å². The van der Waals surface area contributed by atoms with Crippen LogP contribution in [0.3, 0.4) is 0 Å². The molecule has 0 fully saturated rings. The maximum atomic E-state index is 12.7. The summed E-state index contributed by atoms with van der Waals surface area (Å²) < 4.78 is 16.7. The molecule has 0 bridgehead atoms. The van der Waals surface area contributed by atoms with E-state index in [4.69, 9.17) is 14.2 Å². The molecule has 0 amide bonds. The molecular weight excluding hydrogens is 685 g/mol. The van der Waals surface area contributed by atoms with Gasteiger partial charge >= 0.3 is 17.9 Å². The molecular formula is C49H90O6. The van der Waals surface area contributed by atoms with Crippen molar-refractivity contribution >= 4 is 17.9 Å². The average Bonchev–Trinajstić information content (AvgIpc) is 3.18. The van der Waals surface area contributed by atoms with Crippen molar-refractivity contribution in [1.29, 1.82) is 0 Å². The standard InChI is InChI=1S/C49H90O6/c1-4-7-10-13-16-19-22-24-25-26-28-30-33-36-39-42-48(51)54-45-46(44-53-47(50)41-38-35-32-29-21-18-15-12-9-6-3)55-49(52)43-40-37-34-31-27-23-20-17-14-11-8-5-2/h17,20,24-25,46H,4-16,18-19,21-23,26-45H2,1-3H3/b20-17-,25-24-. The van der Waals surface area contributed by atoms with E-state index in [2.05, 4.69) is 45.1 Å². The first-order chi connectivity index (χ1) is 27.0. The van der Waals surface area contributed by atoms with Crippen molar-refractivity contribution in [3.05, 3.63) is 24.3 Å². The van der Waals surface area contributed by atoms with E-state index in [9.17, 15) is 14.4 Å². The number of unbranched alkanes of at least 4 members (excludes halogenated alkanes) is 28. The SMILES string of the molecule is CCCCC/C=C\CCCCCCCC(=O)OC(COC(=O)CCCCCCC/C=C\CCCCCCCC)COC(=O)CCCCCCCCCCCC. The van der Waals surface area contributed by atoms with Gasteiger partial charge in [-0.15, -0.1) is 0 Å². The monoisotopic (exact) mass is 775 g/mol. The lowest BCUT2D eigenvalue weighted by molar-refractivity contribution is -0.167. The van der Waals surface area contributed by atoms with Gasteiger partial charge in [0.15, 0.2) is 6.10 Å². The lowest BCUT2D eigenvalue weighted by atomic mass is 10.1. The van der Waals surface area contributed by atoms with Crippen LogP contribution in [-0.4, -0.2) is 37.2 Å². The molecule has 1 atom stereocenters. The first kappa shape index (κ1) is 52.9. The molecule has 0 aromatic carbocycles. The molecule has 0 spiro atoms. The summed E-state index contributed by atoms with van der Waals surface area (Å²) >= 11 is 0. The van der Waals surface area contributed by atoms with Crippen LogP contribution in [-0.2, 0) is 28.6 Å². The van der Waals surface area contributed by atoms with Gasteiger partial charge in [-0.2, -0.15) is 0 Å². The number of hydrogen-bond acceptors (Lipinski definition) is 6. The Balaban J connectivity index is 4.35. The van der Waals surface area contributed by atoms with E-state index in [0.29, 0.717) is 19.3 Å². The molecule has 0 saturated heterocycles. The van der Waals surface area contributed by atoms with Crippen LogP contribution in [0.5, 0.6) is 0 Å². The Morgan fingerprint density at radius 3 is 0.945 bits per heavy atom. The summed E-state index contributed by atoms with van der Waals surface area (Å²) in [5.74, 6) is -0.888. The van der Waals surface area contributed by atoms with Gasteiger partial charge in [0, 0.05) is 19.3 Å². The molecule has 6 heteroatoms. The molecule has 0 aliphatic rings. The van der Waals surface area contributed by atoms with E-state index in [1.54, 1.807) is 0 Å². The largest absolute Gasteiger partial charge is 0.462 e.